The maximum absolute atomic E-state index is 12.9. The molecule has 0 aromatic rings. The summed E-state index contributed by atoms with van der Waals surface area (Å²) >= 11 is 0. The zero-order valence-corrected chi connectivity index (χ0v) is 47.4. The molecule has 1 amide bonds. The molecule has 0 aromatic carbocycles. The molecule has 0 spiro atoms. The molecule has 0 saturated heterocycles. The molecule has 0 saturated carbocycles. The van der Waals surface area contributed by atoms with Gasteiger partial charge in [0.2, 0.25) is 5.91 Å². The van der Waals surface area contributed by atoms with E-state index in [9.17, 15) is 19.4 Å². The van der Waals surface area contributed by atoms with Crippen LogP contribution in [-0.4, -0.2) is 68.5 Å². The van der Waals surface area contributed by atoms with Crippen LogP contribution in [-0.2, 0) is 18.4 Å². The number of unbranched alkanes of at least 4 members (excludes halogenated alkanes) is 38. The molecular weight excluding hydrogens is 876 g/mol. The molecule has 0 aromatic heterocycles. The molecule has 0 radical (unpaired) electrons. The number of phosphoric ester groups is 1. The van der Waals surface area contributed by atoms with Crippen LogP contribution in [0.2, 0.25) is 0 Å². The van der Waals surface area contributed by atoms with Crippen molar-refractivity contribution in [2.24, 2.45) is 0 Å². The summed E-state index contributed by atoms with van der Waals surface area (Å²) in [5.41, 5.74) is 0. The van der Waals surface area contributed by atoms with E-state index in [1.165, 1.54) is 225 Å². The Hall–Kier alpha value is -1.28. The van der Waals surface area contributed by atoms with Gasteiger partial charge in [-0.05, 0) is 51.4 Å². The number of allylic oxidation sites excluding steroid dienone is 5. The van der Waals surface area contributed by atoms with E-state index in [-0.39, 0.29) is 19.1 Å². The van der Waals surface area contributed by atoms with Gasteiger partial charge >= 0.3 is 0 Å². The molecule has 0 aliphatic rings. The van der Waals surface area contributed by atoms with Crippen LogP contribution in [0.25, 0.3) is 0 Å². The van der Waals surface area contributed by atoms with Crippen molar-refractivity contribution in [1.82, 2.24) is 5.32 Å². The molecular formula is C60H117N2O6P. The lowest BCUT2D eigenvalue weighted by atomic mass is 10.0. The summed E-state index contributed by atoms with van der Waals surface area (Å²) in [7, 11) is 1.27. The van der Waals surface area contributed by atoms with E-state index in [0.29, 0.717) is 17.4 Å². The number of nitrogens with zero attached hydrogens (tertiary/aromatic N) is 1. The fourth-order valence-electron chi connectivity index (χ4n) is 8.89. The van der Waals surface area contributed by atoms with Gasteiger partial charge in [0, 0.05) is 6.42 Å². The second kappa shape index (κ2) is 51.6. The molecule has 0 rings (SSSR count). The Morgan fingerprint density at radius 1 is 0.507 bits per heavy atom. The second-order valence-corrected chi connectivity index (χ2v) is 23.1. The Labute approximate surface area is 429 Å². The monoisotopic (exact) mass is 993 g/mol. The van der Waals surface area contributed by atoms with E-state index in [1.54, 1.807) is 6.08 Å². The van der Waals surface area contributed by atoms with E-state index in [0.717, 1.165) is 44.9 Å². The van der Waals surface area contributed by atoms with Gasteiger partial charge in [-0.15, -0.1) is 0 Å². The Morgan fingerprint density at radius 2 is 0.841 bits per heavy atom. The smallest absolute Gasteiger partial charge is 0.268 e. The number of phosphoric acid groups is 1. The first-order valence-corrected chi connectivity index (χ1v) is 31.3. The zero-order chi connectivity index (χ0) is 50.6. The first kappa shape index (κ1) is 67.7. The Bertz CT molecular complexity index is 1220. The topological polar surface area (TPSA) is 108 Å². The number of nitrogens with one attached hydrogen (secondary N) is 1. The molecule has 0 aliphatic carbocycles. The van der Waals surface area contributed by atoms with Crippen molar-refractivity contribution in [3.05, 3.63) is 36.5 Å². The van der Waals surface area contributed by atoms with E-state index in [2.05, 4.69) is 43.5 Å². The van der Waals surface area contributed by atoms with Crippen LogP contribution in [0.15, 0.2) is 36.5 Å². The molecule has 8 nitrogen and oxygen atoms in total. The summed E-state index contributed by atoms with van der Waals surface area (Å²) in [4.78, 5) is 25.4. The summed E-state index contributed by atoms with van der Waals surface area (Å²) in [6.45, 7) is 4.66. The van der Waals surface area contributed by atoms with E-state index >= 15 is 0 Å². The lowest BCUT2D eigenvalue weighted by molar-refractivity contribution is -0.870. The predicted octanol–water partition coefficient (Wildman–Crippen LogP) is 17.5. The summed E-state index contributed by atoms with van der Waals surface area (Å²) < 4.78 is 23.3. The molecule has 69 heavy (non-hydrogen) atoms. The van der Waals surface area contributed by atoms with Gasteiger partial charge in [-0.3, -0.25) is 9.36 Å². The molecule has 0 aliphatic heterocycles. The third-order valence-corrected chi connectivity index (χ3v) is 14.6. The average molecular weight is 994 g/mol. The van der Waals surface area contributed by atoms with Crippen LogP contribution in [0.3, 0.4) is 0 Å². The fraction of sp³-hybridized carbons (Fsp3) is 0.883. The van der Waals surface area contributed by atoms with Gasteiger partial charge in [-0.25, -0.2) is 0 Å². The van der Waals surface area contributed by atoms with Crippen molar-refractivity contribution in [2.75, 3.05) is 40.9 Å². The van der Waals surface area contributed by atoms with Crippen molar-refractivity contribution >= 4 is 13.7 Å². The molecule has 3 atom stereocenters. The van der Waals surface area contributed by atoms with Crippen molar-refractivity contribution in [2.45, 2.75) is 302 Å². The number of hydrogen-bond donors (Lipinski definition) is 2. The van der Waals surface area contributed by atoms with Gasteiger partial charge in [-0.2, -0.15) is 0 Å². The molecule has 3 unspecified atom stereocenters. The van der Waals surface area contributed by atoms with Crippen molar-refractivity contribution < 1.29 is 32.9 Å². The van der Waals surface area contributed by atoms with Crippen LogP contribution in [0.5, 0.6) is 0 Å². The summed E-state index contributed by atoms with van der Waals surface area (Å²) in [5, 5.41) is 13.8. The van der Waals surface area contributed by atoms with Gasteiger partial charge in [-0.1, -0.05) is 269 Å². The maximum atomic E-state index is 12.9. The number of aliphatic hydroxyl groups excluding tert-OH is 1. The number of carbonyl (C=O) groups excluding carboxylic acids is 1. The maximum Gasteiger partial charge on any atom is 0.268 e. The number of amides is 1. The minimum atomic E-state index is -4.59. The molecule has 9 heteroatoms. The van der Waals surface area contributed by atoms with Gasteiger partial charge < -0.3 is 28.8 Å². The minimum absolute atomic E-state index is 0.000109. The SMILES string of the molecule is CCCCCCCCCCCC/C=C/C(O)C(COP(=O)([O-])OCC[N+](C)(C)C)NC(=O)CCCCCCCCCCCCCCCCCCC/C=C\C/C=C\CCCCCCCCCCCCC. The van der Waals surface area contributed by atoms with Gasteiger partial charge in [0.25, 0.3) is 7.82 Å². The molecule has 0 fully saturated rings. The number of aliphatic hydroxyl groups is 1. The number of rotatable bonds is 55. The molecule has 0 bridgehead atoms. The number of quaternary nitrogens is 1. The van der Waals surface area contributed by atoms with E-state index < -0.39 is 20.0 Å². The largest absolute Gasteiger partial charge is 0.756 e. The fourth-order valence-corrected chi connectivity index (χ4v) is 9.61. The van der Waals surface area contributed by atoms with Crippen molar-refractivity contribution in [3.8, 4) is 0 Å². The van der Waals surface area contributed by atoms with Gasteiger partial charge in [0.1, 0.15) is 13.2 Å². The van der Waals surface area contributed by atoms with Crippen molar-refractivity contribution in [1.29, 1.82) is 0 Å². The molecule has 0 heterocycles. The first-order valence-electron chi connectivity index (χ1n) is 29.9. The highest BCUT2D eigenvalue weighted by atomic mass is 31.2. The van der Waals surface area contributed by atoms with Crippen LogP contribution in [0.1, 0.15) is 290 Å². The second-order valence-electron chi connectivity index (χ2n) is 21.7. The normalized spacial score (nSPS) is 14.1. The quantitative estimate of drug-likeness (QED) is 0.0272. The van der Waals surface area contributed by atoms with E-state index in [1.807, 2.05) is 27.2 Å². The van der Waals surface area contributed by atoms with E-state index in [4.69, 9.17) is 9.05 Å². The minimum Gasteiger partial charge on any atom is -0.756 e. The highest BCUT2D eigenvalue weighted by Gasteiger charge is 2.23. The Balaban J connectivity index is 3.95. The van der Waals surface area contributed by atoms with Crippen LogP contribution in [0, 0.1) is 0 Å². The standard InChI is InChI=1S/C60H117N2O6P/c1-6-8-10-12-14-16-18-20-21-22-23-24-25-26-27-28-29-30-31-32-33-34-35-36-37-38-39-40-41-42-44-46-48-50-52-54-60(64)61-58(57-68-69(65,66)67-56-55-62(3,4)5)59(63)53-51-49-47-45-43-19-17-15-13-11-9-7-2/h25-26,28-29,51,53,58-59,63H,6-24,27,30-50,52,54-57H2,1-5H3,(H-,61,64,65,66)/b26-25-,29-28-,53-51+. The third kappa shape index (κ3) is 54.3. The lowest BCUT2D eigenvalue weighted by Crippen LogP contribution is -2.45. The van der Waals surface area contributed by atoms with Gasteiger partial charge in [0.15, 0.2) is 0 Å². The summed E-state index contributed by atoms with van der Waals surface area (Å²) in [5.74, 6) is -0.195. The van der Waals surface area contributed by atoms with Crippen LogP contribution >= 0.6 is 7.82 Å². The average Bonchev–Trinajstić information content (AvgIpc) is 3.31. The highest BCUT2D eigenvalue weighted by molar-refractivity contribution is 7.45. The lowest BCUT2D eigenvalue weighted by Gasteiger charge is -2.29. The highest BCUT2D eigenvalue weighted by Crippen LogP contribution is 2.38. The number of carbonyl (C=O) groups is 1. The van der Waals surface area contributed by atoms with Gasteiger partial charge in [0.05, 0.1) is 39.9 Å². The first-order chi connectivity index (χ1) is 33.5. The predicted molar refractivity (Wildman–Crippen MR) is 298 cm³/mol. The van der Waals surface area contributed by atoms with Crippen LogP contribution in [0.4, 0.5) is 0 Å². The molecule has 2 N–H and O–H groups in total. The third-order valence-electron chi connectivity index (χ3n) is 13.6. The molecule has 408 valence electrons. The van der Waals surface area contributed by atoms with Crippen molar-refractivity contribution in [3.63, 3.8) is 0 Å². The zero-order valence-electron chi connectivity index (χ0n) is 46.5. The Kier molecular flexibility index (Phi) is 50.7. The summed E-state index contributed by atoms with van der Waals surface area (Å²) in [6.07, 6.45) is 66.7. The Morgan fingerprint density at radius 3 is 1.20 bits per heavy atom. The summed E-state index contributed by atoms with van der Waals surface area (Å²) in [6, 6.07) is -0.884. The number of likely N-dealkylation sites (N-methyl/N-ethyl adjacent to an activating group) is 1. The van der Waals surface area contributed by atoms with Crippen LogP contribution < -0.4 is 10.2 Å². The number of hydrogen-bond acceptors (Lipinski definition) is 6.